The van der Waals surface area contributed by atoms with Crippen LogP contribution in [0.3, 0.4) is 0 Å². The number of carbonyl (C=O) groups excluding carboxylic acids is 2. The molecule has 26 heteroatoms. The lowest BCUT2D eigenvalue weighted by molar-refractivity contribution is -0.116. The predicted molar refractivity (Wildman–Crippen MR) is 644 cm³/mol. The van der Waals surface area contributed by atoms with Gasteiger partial charge >= 0.3 is 5.63 Å². The standard InChI is InChI=1S/C24H33N.C21H30O4S.C19H33NO2S.C16H24O.C15H23NO.C13H21N.4C4H10O2S/c1-2-3-4-5-7-10-21-11-13-22(14-12-21)23-15-17-24(18-16-23)25-19-8-6-9-20-25;1-16-14-20(22)25-19-15-17(11-12-18(16)19)10-8-6-5-7-9-13-26(23,24)21(2,3)4;1-19(2,3)23(21,22)15-10-8-6-7-9-12-17-13-11-14-18(16-17)20(4)5;1-3-4-5-6-7-9-15-10-8-11-16(13-15)12-14(2)17;1-3-4-5-6-7-8-14-9-11-15(12-10-14)16-13(2)17;1-2-3-4-5-6-8-12-9-7-10-13(14)11-12;4*1-4(2,3)7(5)6/h11-18H,2-10,19-20H2,1H3;11-12,14-15H,5-10,13H2,1-4H3;11,13-14,16H,6-10,12,15H2,1-5H3;8,10-11,13H,3-7,9,12H2,1-2H3;9-12H,3-8H2,1-2H3,(H,16,17);7,9-11H,2-6,8,14H2,1H3;4*1-3H3,(H,5,6)/p-4. The number of Topliss-reactive ketones (excluding diaryl/α,β-unsaturated/α-hetero) is 1. The Morgan fingerprint density at radius 2 is 0.687 bits per heavy atom. The van der Waals surface area contributed by atoms with Crippen LogP contribution in [0.4, 0.5) is 22.7 Å². The van der Waals surface area contributed by atoms with Crippen molar-refractivity contribution in [2.24, 2.45) is 0 Å². The van der Waals surface area contributed by atoms with E-state index in [1.165, 1.54) is 255 Å². The van der Waals surface area contributed by atoms with Crippen molar-refractivity contribution in [3.63, 3.8) is 0 Å². The molecule has 150 heavy (non-hydrogen) atoms. The molecule has 0 spiro atoms. The van der Waals surface area contributed by atoms with E-state index in [-0.39, 0.29) is 23.1 Å². The number of piperidine rings is 1. The molecule has 2 heterocycles. The second kappa shape index (κ2) is 77.9. The number of aryl methyl sites for hydroxylation is 7. The van der Waals surface area contributed by atoms with Gasteiger partial charge in [-0.3, -0.25) is 26.4 Å². The van der Waals surface area contributed by atoms with Crippen LogP contribution in [0, 0.1) is 6.92 Å². The molecule has 3 N–H and O–H groups in total. The quantitative estimate of drug-likeness (QED) is 0.0155. The Morgan fingerprint density at radius 1 is 0.380 bits per heavy atom. The Kier molecular flexibility index (Phi) is 74.1. The average molecular weight is 2200 g/mol. The number of hydrogen-bond donors (Lipinski definition) is 2. The monoisotopic (exact) mass is 2190 g/mol. The van der Waals surface area contributed by atoms with Crippen molar-refractivity contribution in [3.8, 4) is 11.1 Å². The highest BCUT2D eigenvalue weighted by Crippen LogP contribution is 2.29. The molecule has 7 aromatic carbocycles. The van der Waals surface area contributed by atoms with E-state index in [2.05, 4.69) is 178 Å². The molecule has 0 bridgehead atoms. The highest BCUT2D eigenvalue weighted by atomic mass is 32.2. The van der Waals surface area contributed by atoms with Gasteiger partial charge in [-0.05, 0) is 402 Å². The summed E-state index contributed by atoms with van der Waals surface area (Å²) in [5.74, 6) is 0.823. The molecule has 1 aliphatic heterocycles. The molecular weight excluding hydrogens is 1990 g/mol. The smallest absolute Gasteiger partial charge is 0.336 e. The van der Waals surface area contributed by atoms with Gasteiger partial charge in [0.25, 0.3) is 0 Å². The van der Waals surface area contributed by atoms with Crippen LogP contribution in [0.2, 0.25) is 0 Å². The van der Waals surface area contributed by atoms with E-state index in [1.807, 2.05) is 49.4 Å². The molecule has 4 unspecified atom stereocenters. The van der Waals surface area contributed by atoms with E-state index in [0.29, 0.717) is 17.8 Å². The Bertz CT molecular complexity index is 5270. The Morgan fingerprint density at radius 3 is 1.03 bits per heavy atom. The molecule has 0 radical (unpaired) electrons. The SMILES string of the molecule is CC(C)(C)S(=O)[O-].CC(C)(C)S(=O)[O-].CC(C)(C)S(=O)[O-].CC(C)(C)S(=O)[O-].CCCCCCCc1ccc(-c2ccc(N3CCCCC3)cc2)cc1.CCCCCCCc1ccc(NC(C)=O)cc1.CCCCCCCc1cccc(CC(C)=O)c1.CCCCCCCc1cccc(N)c1.CN(C)c1cccc(CCCCCCCS(=O)(=O)C(C)(C)C)c1.Cc1cc(=O)oc2cc(CCCCCCCS(=O)(=O)C(C)(C)C)ccc12. The molecule has 1 aromatic heterocycles. The summed E-state index contributed by atoms with van der Waals surface area (Å²) in [6.45, 7) is 46.9. The van der Waals surface area contributed by atoms with Crippen LogP contribution >= 0.6 is 0 Å². The number of fused-ring (bicyclic) bond motifs is 1. The average Bonchev–Trinajstić information content (AvgIpc) is 0.805. The molecule has 9 rings (SSSR count). The number of amides is 1. The zero-order chi connectivity index (χ0) is 114. The van der Waals surface area contributed by atoms with Crippen LogP contribution in [0.15, 0.2) is 179 Å². The van der Waals surface area contributed by atoms with Crippen LogP contribution in [-0.2, 0) is 119 Å². The number of hydrogen-bond acceptors (Lipinski definition) is 19. The molecular formula is C124H200N4O16S6-4. The van der Waals surface area contributed by atoms with Gasteiger partial charge in [-0.1, -0.05) is 278 Å². The minimum absolute atomic E-state index is 0.0164. The number of rotatable bonds is 46. The number of sulfone groups is 2. The van der Waals surface area contributed by atoms with Gasteiger partial charge in [0.05, 0.1) is 21.0 Å². The minimum Gasteiger partial charge on any atom is -0.772 e. The fourth-order valence-electron chi connectivity index (χ4n) is 14.9. The minimum atomic E-state index is -3.00. The van der Waals surface area contributed by atoms with Gasteiger partial charge < -0.3 is 43.5 Å². The van der Waals surface area contributed by atoms with Gasteiger partial charge in [-0.25, -0.2) is 21.6 Å². The summed E-state index contributed by atoms with van der Waals surface area (Å²) in [5.41, 5.74) is 23.3. The van der Waals surface area contributed by atoms with E-state index in [9.17, 15) is 66.3 Å². The maximum Gasteiger partial charge on any atom is 0.336 e. The maximum absolute atomic E-state index is 12.0. The second-order valence-electron chi connectivity index (χ2n) is 45.7. The van der Waals surface area contributed by atoms with Crippen LogP contribution < -0.4 is 26.5 Å². The van der Waals surface area contributed by atoms with Crippen LogP contribution in [0.1, 0.15) is 423 Å². The molecule has 8 aromatic rings. The molecule has 1 fully saturated rings. The number of unbranched alkanes of at least 4 members (excludes halogenated alkanes) is 24. The van der Waals surface area contributed by atoms with Gasteiger partial charge in [0.15, 0.2) is 19.7 Å². The first-order valence-electron chi connectivity index (χ1n) is 55.5. The van der Waals surface area contributed by atoms with Gasteiger partial charge in [0, 0.05) is 93.7 Å². The van der Waals surface area contributed by atoms with Gasteiger partial charge in [0.1, 0.15) is 11.4 Å². The fourth-order valence-corrected chi connectivity index (χ4v) is 17.3. The summed E-state index contributed by atoms with van der Waals surface area (Å²) >= 11 is -7.73. The molecule has 852 valence electrons. The third kappa shape index (κ3) is 70.2. The molecule has 4 atom stereocenters. The highest BCUT2D eigenvalue weighted by molar-refractivity contribution is 7.93. The summed E-state index contributed by atoms with van der Waals surface area (Å²) in [7, 11) is -1.83. The number of nitrogens with two attached hydrogens (primary N) is 1. The first kappa shape index (κ1) is 143. The number of nitrogens with zero attached hydrogens (tertiary/aromatic N) is 2. The number of anilines is 4. The molecule has 1 aliphatic rings. The molecule has 1 saturated heterocycles. The summed E-state index contributed by atoms with van der Waals surface area (Å²) < 4.78 is 130. The lowest BCUT2D eigenvalue weighted by Gasteiger charge is -2.28. The Hall–Kier alpha value is -7.37. The van der Waals surface area contributed by atoms with E-state index in [4.69, 9.17) is 10.2 Å². The van der Waals surface area contributed by atoms with Crippen molar-refractivity contribution < 1.29 is 65.9 Å². The number of ketones is 1. The first-order chi connectivity index (χ1) is 70.1. The van der Waals surface area contributed by atoms with Crippen LogP contribution in [-0.4, -0.2) is 131 Å². The van der Waals surface area contributed by atoms with E-state index in [0.717, 1.165) is 105 Å². The van der Waals surface area contributed by atoms with Crippen LogP contribution in [0.25, 0.3) is 22.1 Å². The molecule has 0 saturated carbocycles. The first-order valence-corrected chi connectivity index (χ1v) is 63.1. The lowest BCUT2D eigenvalue weighted by atomic mass is 10.0. The third-order valence-electron chi connectivity index (χ3n) is 24.9. The second-order valence-corrected chi connectivity index (χ2v) is 58.2. The largest absolute Gasteiger partial charge is 0.772 e. The Balaban J connectivity index is 0.00000170. The summed E-state index contributed by atoms with van der Waals surface area (Å²) in [6, 6.07) is 59.4. The number of carbonyl (C=O) groups is 2. The van der Waals surface area contributed by atoms with Crippen molar-refractivity contribution in [1.82, 2.24) is 0 Å². The topological polar surface area (TPSA) is 338 Å². The van der Waals surface area contributed by atoms with Gasteiger partial charge in [-0.2, -0.15) is 0 Å². The number of nitrogen functional groups attached to an aromatic ring is 1. The summed E-state index contributed by atoms with van der Waals surface area (Å²) in [4.78, 5) is 38.1. The van der Waals surface area contributed by atoms with Crippen molar-refractivity contribution >= 4 is 109 Å². The zero-order valence-corrected chi connectivity index (χ0v) is 103. The predicted octanol–water partition coefficient (Wildman–Crippen LogP) is 31.1. The van der Waals surface area contributed by atoms with Crippen molar-refractivity contribution in [2.75, 3.05) is 59.5 Å². The van der Waals surface area contributed by atoms with E-state index >= 15 is 0 Å². The van der Waals surface area contributed by atoms with E-state index < -0.39 is 92.5 Å². The molecule has 1 amide bonds. The van der Waals surface area contributed by atoms with Crippen molar-refractivity contribution in [3.05, 3.63) is 225 Å². The van der Waals surface area contributed by atoms with Crippen molar-refractivity contribution in [2.45, 2.75) is 458 Å². The number of nitrogens with one attached hydrogen (secondary N) is 1. The summed E-state index contributed by atoms with van der Waals surface area (Å²) in [5, 5.41) is 3.76. The Labute approximate surface area is 922 Å². The third-order valence-corrected chi connectivity index (χ3v) is 34.3. The van der Waals surface area contributed by atoms with Gasteiger partial charge in [0.2, 0.25) is 5.91 Å². The van der Waals surface area contributed by atoms with Crippen LogP contribution in [0.5, 0.6) is 0 Å². The highest BCUT2D eigenvalue weighted by Gasteiger charge is 2.29. The normalized spacial score (nSPS) is 12.9. The summed E-state index contributed by atoms with van der Waals surface area (Å²) in [6.07, 6.45) is 48.1. The number of benzene rings is 7. The lowest BCUT2D eigenvalue weighted by Crippen LogP contribution is -2.30. The maximum atomic E-state index is 12.0. The van der Waals surface area contributed by atoms with Gasteiger partial charge in [-0.15, -0.1) is 0 Å². The zero-order valence-electron chi connectivity index (χ0n) is 97.7. The fraction of sp³-hybridized carbons (Fsp3) is 0.621. The molecule has 0 aliphatic carbocycles. The van der Waals surface area contributed by atoms with E-state index in [1.54, 1.807) is 132 Å². The van der Waals surface area contributed by atoms with Crippen molar-refractivity contribution in [1.29, 1.82) is 0 Å². The molecule has 20 nitrogen and oxygen atoms in total.